The number of methoxy groups -OCH3 is 2. The highest BCUT2D eigenvalue weighted by Crippen LogP contribution is 2.55. The van der Waals surface area contributed by atoms with Crippen LogP contribution in [0.1, 0.15) is 102 Å². The van der Waals surface area contributed by atoms with E-state index in [-0.39, 0.29) is 54.8 Å². The molecule has 6 rings (SSSR count). The Morgan fingerprint density at radius 3 is 1.61 bits per heavy atom. The Morgan fingerprint density at radius 2 is 1.16 bits per heavy atom. The van der Waals surface area contributed by atoms with E-state index < -0.39 is 75.2 Å². The van der Waals surface area contributed by atoms with Crippen LogP contribution in [0, 0.1) is 39.9 Å². The molecule has 3 N–H and O–H groups in total. The van der Waals surface area contributed by atoms with Crippen LogP contribution in [-0.2, 0) is 18.9 Å². The van der Waals surface area contributed by atoms with Crippen LogP contribution < -0.4 is 30.3 Å². The van der Waals surface area contributed by atoms with Crippen molar-refractivity contribution >= 4 is 29.8 Å². The fourth-order valence-corrected chi connectivity index (χ4v) is 7.15. The van der Waals surface area contributed by atoms with Gasteiger partial charge in [0, 0.05) is 37.0 Å². The molecule has 4 aliphatic rings. The van der Waals surface area contributed by atoms with Gasteiger partial charge in [0.15, 0.2) is 34.8 Å². The lowest BCUT2D eigenvalue weighted by Gasteiger charge is -2.24. The number of benzene rings is 2. The minimum atomic E-state index is -1.48. The normalized spacial score (nSPS) is 19.1. The second kappa shape index (κ2) is 19.3. The van der Waals surface area contributed by atoms with Gasteiger partial charge >= 0.3 is 24.1 Å². The highest BCUT2D eigenvalue weighted by molar-refractivity contribution is 5.92. The topological polar surface area (TPSA) is 163 Å². The number of carbonyl (C=O) groups is 4. The van der Waals surface area contributed by atoms with E-state index in [1.807, 2.05) is 20.8 Å². The fourth-order valence-electron chi connectivity index (χ4n) is 7.15. The van der Waals surface area contributed by atoms with Gasteiger partial charge in [-0.15, -0.1) is 0 Å². The molecule has 0 bridgehead atoms. The molecule has 2 aromatic rings. The molecular weight excluding hydrogens is 815 g/mol. The first-order chi connectivity index (χ1) is 28.4. The number of hydrogen-bond donors (Lipinski definition) is 3. The van der Waals surface area contributed by atoms with E-state index in [4.69, 9.17) is 18.9 Å². The van der Waals surface area contributed by atoms with Gasteiger partial charge in [-0.2, -0.15) is 4.39 Å². The van der Waals surface area contributed by atoms with Crippen LogP contribution in [0.5, 0.6) is 11.5 Å². The van der Waals surface area contributed by atoms with Gasteiger partial charge in [-0.25, -0.2) is 36.7 Å². The lowest BCUT2D eigenvalue weighted by molar-refractivity contribution is 0.0482. The van der Waals surface area contributed by atoms with Crippen molar-refractivity contribution in [3.8, 4) is 11.5 Å². The summed E-state index contributed by atoms with van der Waals surface area (Å²) in [5.41, 5.74) is -2.20. The van der Waals surface area contributed by atoms with Crippen molar-refractivity contribution < 1.29 is 69.6 Å². The highest BCUT2D eigenvalue weighted by Gasteiger charge is 2.57. The first-order valence-electron chi connectivity index (χ1n) is 20.0. The predicted molar refractivity (Wildman–Crippen MR) is 212 cm³/mol. The van der Waals surface area contributed by atoms with Crippen molar-refractivity contribution in [3.05, 3.63) is 52.3 Å². The maximum Gasteiger partial charge on any atom is 0.407 e. The van der Waals surface area contributed by atoms with E-state index in [1.165, 1.54) is 26.9 Å². The molecule has 340 valence electrons. The minimum Gasteiger partial charge on any atom is -0.491 e. The van der Waals surface area contributed by atoms with Crippen molar-refractivity contribution in [1.29, 1.82) is 0 Å². The lowest BCUT2D eigenvalue weighted by atomic mass is 10.0. The smallest absolute Gasteiger partial charge is 0.407 e. The van der Waals surface area contributed by atoms with E-state index in [0.717, 1.165) is 39.1 Å². The summed E-state index contributed by atoms with van der Waals surface area (Å²) in [7, 11) is 2.19. The second-order valence-corrected chi connectivity index (χ2v) is 17.2. The number of alkyl carbamates (subject to hydrolysis) is 2. The molecule has 2 heterocycles. The number of nitrogens with one attached hydrogen (secondary N) is 3. The summed E-state index contributed by atoms with van der Waals surface area (Å²) in [6, 6.07) is 1.25. The Kier molecular flexibility index (Phi) is 15.4. The van der Waals surface area contributed by atoms with Gasteiger partial charge in [0.05, 0.1) is 39.5 Å². The molecule has 2 saturated heterocycles. The Hall–Kier alpha value is -5.07. The summed E-state index contributed by atoms with van der Waals surface area (Å²) in [5.74, 6) is -9.21. The molecule has 61 heavy (non-hydrogen) atoms. The van der Waals surface area contributed by atoms with Gasteiger partial charge < -0.3 is 49.3 Å². The average Bonchev–Trinajstić information content (AvgIpc) is 4.04. The summed E-state index contributed by atoms with van der Waals surface area (Å²) >= 11 is 0. The van der Waals surface area contributed by atoms with E-state index in [9.17, 15) is 36.7 Å². The number of carbonyl (C=O) groups excluding carboxylic acids is 4. The van der Waals surface area contributed by atoms with E-state index >= 15 is 4.39 Å². The van der Waals surface area contributed by atoms with Gasteiger partial charge in [0.2, 0.25) is 5.82 Å². The van der Waals surface area contributed by atoms with Crippen LogP contribution in [-0.4, -0.2) is 101 Å². The number of amides is 2. The molecule has 2 aliphatic heterocycles. The van der Waals surface area contributed by atoms with E-state index in [0.29, 0.717) is 18.0 Å². The summed E-state index contributed by atoms with van der Waals surface area (Å²) in [6.07, 6.45) is 3.33. The largest absolute Gasteiger partial charge is 0.491 e. The third-order valence-corrected chi connectivity index (χ3v) is 10.4. The molecule has 2 aromatic carbocycles. The zero-order valence-corrected chi connectivity index (χ0v) is 36.3. The van der Waals surface area contributed by atoms with Crippen molar-refractivity contribution in [2.24, 2.45) is 10.8 Å². The van der Waals surface area contributed by atoms with Crippen LogP contribution >= 0.6 is 0 Å². The maximum atomic E-state index is 15.0. The quantitative estimate of drug-likeness (QED) is 0.101. The number of ether oxygens (including phenoxy) is 6. The van der Waals surface area contributed by atoms with Crippen LogP contribution in [0.25, 0.3) is 0 Å². The molecule has 0 radical (unpaired) electrons. The summed E-state index contributed by atoms with van der Waals surface area (Å²) in [5, 5.41) is 9.16. The van der Waals surface area contributed by atoms with Crippen molar-refractivity contribution in [2.45, 2.75) is 104 Å². The zero-order chi connectivity index (χ0) is 45.7. The van der Waals surface area contributed by atoms with E-state index in [2.05, 4.69) is 25.4 Å². The number of esters is 2. The van der Waals surface area contributed by atoms with Crippen LogP contribution in [0.15, 0.2) is 12.1 Å². The van der Waals surface area contributed by atoms with Gasteiger partial charge in [0.1, 0.15) is 28.0 Å². The Labute approximate surface area is 352 Å². The molecule has 4 fully saturated rings. The fraction of sp³-hybridized carbons (Fsp3) is 0.619. The van der Waals surface area contributed by atoms with E-state index in [1.54, 1.807) is 32.6 Å². The molecule has 2 aliphatic carbocycles. The SMILES string of the molecule is CC(C)(C)OC(=O)N[C@@H]1CNCC12CC2.CCOC(=O)c1cc(F)c(F)c(OC)c1F.CCOC(=O)c1cc(F)c(N2C[C@@H](NC(=O)OC(C)(C)C)C3(CC3)C2)c(OC)c1F. The molecule has 2 atom stereocenters. The number of hydrogen-bond acceptors (Lipinski definition) is 12. The molecule has 2 saturated carbocycles. The Balaban J connectivity index is 0.000000222. The summed E-state index contributed by atoms with van der Waals surface area (Å²) < 4.78 is 98.7. The summed E-state index contributed by atoms with van der Waals surface area (Å²) in [4.78, 5) is 48.6. The summed E-state index contributed by atoms with van der Waals surface area (Å²) in [6.45, 7) is 16.7. The molecule has 14 nitrogen and oxygen atoms in total. The third kappa shape index (κ3) is 12.1. The number of anilines is 1. The lowest BCUT2D eigenvalue weighted by Crippen LogP contribution is -2.44. The molecule has 19 heteroatoms. The molecule has 2 spiro atoms. The molecule has 0 unspecified atom stereocenters. The van der Waals surface area contributed by atoms with Crippen molar-refractivity contribution in [3.63, 3.8) is 0 Å². The van der Waals surface area contributed by atoms with Crippen molar-refractivity contribution in [2.75, 3.05) is 58.5 Å². The molecular formula is C42H57F5N4O10. The van der Waals surface area contributed by atoms with Crippen LogP contribution in [0.4, 0.5) is 37.2 Å². The molecule has 0 aromatic heterocycles. The maximum absolute atomic E-state index is 15.0. The zero-order valence-electron chi connectivity index (χ0n) is 36.3. The number of rotatable bonds is 9. The van der Waals surface area contributed by atoms with Gasteiger partial charge in [-0.05, 0) is 93.2 Å². The third-order valence-electron chi connectivity index (χ3n) is 10.4. The van der Waals surface area contributed by atoms with Crippen LogP contribution in [0.3, 0.4) is 0 Å². The van der Waals surface area contributed by atoms with Crippen LogP contribution in [0.2, 0.25) is 0 Å². The monoisotopic (exact) mass is 872 g/mol. The van der Waals surface area contributed by atoms with Gasteiger partial charge in [-0.1, -0.05) is 0 Å². The predicted octanol–water partition coefficient (Wildman–Crippen LogP) is 7.20. The standard InChI is InChI=1S/C21H28F2N2O5.C11H20N2O2.C10H9F3O3/c1-6-29-18(26)12-9-13(22)16(17(28-5)15(12)23)25-10-14(21(11-25)7-8-21)24-19(27)30-20(2,3)4;1-10(2,3)15-9(14)13-8-6-12-7-11(8)4-5-11;1-3-16-10(14)5-4-6(11)8(13)9(15-2)7(5)12/h9,14H,6-8,10-11H2,1-5H3,(H,24,27);8,12H,4-7H2,1-3H3,(H,13,14);4H,3H2,1-2H3/t14-;8-;/m11./s1. The number of nitrogens with zero attached hydrogens (tertiary/aromatic N) is 1. The van der Waals surface area contributed by atoms with Crippen molar-refractivity contribution in [1.82, 2.24) is 16.0 Å². The minimum absolute atomic E-state index is 0.000412. The molecule has 2 amide bonds. The number of halogens is 5. The Bertz CT molecular complexity index is 1950. The van der Waals surface area contributed by atoms with Gasteiger partial charge in [-0.3, -0.25) is 0 Å². The first-order valence-corrected chi connectivity index (χ1v) is 20.0. The highest BCUT2D eigenvalue weighted by atomic mass is 19.2. The average molecular weight is 873 g/mol. The first kappa shape index (κ1) is 48.6. The van der Waals surface area contributed by atoms with Gasteiger partial charge in [0.25, 0.3) is 0 Å². The second-order valence-electron chi connectivity index (χ2n) is 17.2. The Morgan fingerprint density at radius 1 is 0.705 bits per heavy atom.